The molecule has 0 atom stereocenters. The number of amides is 1. The number of hydrogen-bond acceptors (Lipinski definition) is 6. The molecule has 2 heterocycles. The fourth-order valence-electron chi connectivity index (χ4n) is 4.17. The van der Waals surface area contributed by atoms with E-state index in [-0.39, 0.29) is 18.3 Å². The van der Waals surface area contributed by atoms with E-state index in [2.05, 4.69) is 10.1 Å². The second kappa shape index (κ2) is 9.97. The van der Waals surface area contributed by atoms with Crippen LogP contribution in [0.5, 0.6) is 5.75 Å². The maximum Gasteiger partial charge on any atom is 0.262 e. The number of rotatable bonds is 6. The van der Waals surface area contributed by atoms with E-state index in [1.807, 2.05) is 60.4 Å². The number of piperazine rings is 1. The zero-order valence-corrected chi connectivity index (χ0v) is 19.4. The van der Waals surface area contributed by atoms with Crippen molar-refractivity contribution >= 4 is 11.6 Å². The molecule has 1 aliphatic heterocycles. The number of aryl methyl sites for hydroxylation is 1. The van der Waals surface area contributed by atoms with Crippen LogP contribution < -0.4 is 9.64 Å². The maximum absolute atomic E-state index is 14.1. The molecule has 1 saturated heterocycles. The smallest absolute Gasteiger partial charge is 0.262 e. The quantitative estimate of drug-likeness (QED) is 0.409. The van der Waals surface area contributed by atoms with Gasteiger partial charge >= 0.3 is 0 Å². The first-order valence-corrected chi connectivity index (χ1v) is 11.5. The summed E-state index contributed by atoms with van der Waals surface area (Å²) >= 11 is 0. The van der Waals surface area contributed by atoms with E-state index in [1.165, 1.54) is 6.07 Å². The van der Waals surface area contributed by atoms with Crippen LogP contribution in [0.15, 0.2) is 77.3 Å². The fourth-order valence-corrected chi connectivity index (χ4v) is 4.17. The molecule has 1 fully saturated rings. The van der Waals surface area contributed by atoms with Gasteiger partial charge in [-0.3, -0.25) is 4.79 Å². The van der Waals surface area contributed by atoms with E-state index in [9.17, 15) is 9.18 Å². The molecular formula is C27H25FN4O3. The van der Waals surface area contributed by atoms with Gasteiger partial charge in [-0.25, -0.2) is 4.39 Å². The van der Waals surface area contributed by atoms with Gasteiger partial charge in [-0.2, -0.15) is 4.98 Å². The lowest BCUT2D eigenvalue weighted by atomic mass is 10.1. The Labute approximate surface area is 202 Å². The van der Waals surface area contributed by atoms with Gasteiger partial charge in [0.1, 0.15) is 11.6 Å². The zero-order valence-electron chi connectivity index (χ0n) is 19.4. The second-order valence-corrected chi connectivity index (χ2v) is 8.34. The van der Waals surface area contributed by atoms with E-state index in [1.54, 1.807) is 23.1 Å². The van der Waals surface area contributed by atoms with Gasteiger partial charge < -0.3 is 19.1 Å². The number of halogens is 1. The molecular weight excluding hydrogens is 447 g/mol. The molecule has 0 bridgehead atoms. The number of benzene rings is 3. The first-order chi connectivity index (χ1) is 17.1. The first-order valence-electron chi connectivity index (χ1n) is 11.5. The van der Waals surface area contributed by atoms with Crippen molar-refractivity contribution in [2.24, 2.45) is 0 Å². The third kappa shape index (κ3) is 4.87. The molecule has 178 valence electrons. The average molecular weight is 473 g/mol. The van der Waals surface area contributed by atoms with Crippen LogP contribution in [0.2, 0.25) is 0 Å². The molecule has 0 N–H and O–H groups in total. The van der Waals surface area contributed by atoms with Crippen LogP contribution in [0.1, 0.15) is 5.56 Å². The predicted octanol–water partition coefficient (Wildman–Crippen LogP) is 4.58. The van der Waals surface area contributed by atoms with Crippen LogP contribution in [0.4, 0.5) is 10.1 Å². The highest BCUT2D eigenvalue weighted by Gasteiger charge is 2.23. The molecule has 3 aromatic carbocycles. The van der Waals surface area contributed by atoms with Gasteiger partial charge in [-0.05, 0) is 36.8 Å². The molecule has 0 aliphatic carbocycles. The van der Waals surface area contributed by atoms with E-state index < -0.39 is 0 Å². The number of aromatic nitrogens is 2. The van der Waals surface area contributed by atoms with Gasteiger partial charge in [0, 0.05) is 31.7 Å². The summed E-state index contributed by atoms with van der Waals surface area (Å²) in [5.41, 5.74) is 3.13. The van der Waals surface area contributed by atoms with Crippen LogP contribution in [0, 0.1) is 12.7 Å². The molecule has 0 saturated carbocycles. The Balaban J connectivity index is 1.23. The topological polar surface area (TPSA) is 71.7 Å². The molecule has 1 amide bonds. The van der Waals surface area contributed by atoms with Crippen molar-refractivity contribution in [3.8, 4) is 28.6 Å². The number of hydrogen-bond donors (Lipinski definition) is 0. The van der Waals surface area contributed by atoms with Crippen LogP contribution in [-0.4, -0.2) is 53.7 Å². The summed E-state index contributed by atoms with van der Waals surface area (Å²) in [6.07, 6.45) is 0. The Morgan fingerprint density at radius 1 is 0.943 bits per heavy atom. The van der Waals surface area contributed by atoms with Crippen LogP contribution in [0.25, 0.3) is 22.8 Å². The molecule has 8 heteroatoms. The summed E-state index contributed by atoms with van der Waals surface area (Å²) < 4.78 is 25.5. The fraction of sp³-hybridized carbons (Fsp3) is 0.222. The van der Waals surface area contributed by atoms with Crippen LogP contribution >= 0.6 is 0 Å². The predicted molar refractivity (Wildman–Crippen MR) is 131 cm³/mol. The van der Waals surface area contributed by atoms with E-state index in [0.717, 1.165) is 11.1 Å². The number of carbonyl (C=O) groups excluding carboxylic acids is 1. The summed E-state index contributed by atoms with van der Waals surface area (Å²) in [6.45, 7) is 4.00. The Morgan fingerprint density at radius 2 is 1.63 bits per heavy atom. The van der Waals surface area contributed by atoms with Crippen molar-refractivity contribution in [3.05, 3.63) is 84.2 Å². The highest BCUT2D eigenvalue weighted by molar-refractivity contribution is 5.78. The molecule has 7 nitrogen and oxygen atoms in total. The standard InChI is InChI=1S/C27H25FN4O3/c1-19-8-2-3-9-20(19)26-29-27(35-30-26)21-10-4-7-13-24(21)34-18-25(33)32-16-14-31(15-17-32)23-12-6-5-11-22(23)28/h2-13H,14-18H2,1H3. The van der Waals surface area contributed by atoms with Crippen molar-refractivity contribution in [3.63, 3.8) is 0 Å². The molecule has 4 aromatic rings. The van der Waals surface area contributed by atoms with Crippen molar-refractivity contribution < 1.29 is 18.4 Å². The Morgan fingerprint density at radius 3 is 2.40 bits per heavy atom. The normalized spacial score (nSPS) is 13.7. The summed E-state index contributed by atoms with van der Waals surface area (Å²) in [6, 6.07) is 21.8. The molecule has 0 radical (unpaired) electrons. The number of carbonyl (C=O) groups is 1. The largest absolute Gasteiger partial charge is 0.483 e. The summed E-state index contributed by atoms with van der Waals surface area (Å²) in [5.74, 6) is 0.935. The highest BCUT2D eigenvalue weighted by atomic mass is 19.1. The number of para-hydroxylation sites is 2. The minimum absolute atomic E-state index is 0.116. The summed E-state index contributed by atoms with van der Waals surface area (Å²) in [5, 5.41) is 4.12. The Hall–Kier alpha value is -4.20. The SMILES string of the molecule is Cc1ccccc1-c1noc(-c2ccccc2OCC(=O)N2CCN(c3ccccc3F)CC2)n1. The van der Waals surface area contributed by atoms with Crippen molar-refractivity contribution in [1.82, 2.24) is 15.0 Å². The van der Waals surface area contributed by atoms with Gasteiger partial charge in [0.15, 0.2) is 6.61 Å². The van der Waals surface area contributed by atoms with Crippen molar-refractivity contribution in [1.29, 1.82) is 0 Å². The minimum atomic E-state index is -0.251. The summed E-state index contributed by atoms with van der Waals surface area (Å²) in [7, 11) is 0. The Bertz CT molecular complexity index is 1330. The van der Waals surface area contributed by atoms with Crippen molar-refractivity contribution in [2.75, 3.05) is 37.7 Å². The molecule has 5 rings (SSSR count). The third-order valence-electron chi connectivity index (χ3n) is 6.11. The minimum Gasteiger partial charge on any atom is -0.483 e. The lowest BCUT2D eigenvalue weighted by Gasteiger charge is -2.36. The third-order valence-corrected chi connectivity index (χ3v) is 6.11. The van der Waals surface area contributed by atoms with Gasteiger partial charge in [0.25, 0.3) is 11.8 Å². The average Bonchev–Trinajstić information content (AvgIpc) is 3.38. The van der Waals surface area contributed by atoms with Crippen LogP contribution in [0.3, 0.4) is 0 Å². The molecule has 35 heavy (non-hydrogen) atoms. The molecule has 0 unspecified atom stereocenters. The monoisotopic (exact) mass is 472 g/mol. The highest BCUT2D eigenvalue weighted by Crippen LogP contribution is 2.31. The second-order valence-electron chi connectivity index (χ2n) is 8.34. The lowest BCUT2D eigenvalue weighted by Crippen LogP contribution is -2.50. The zero-order chi connectivity index (χ0) is 24.2. The van der Waals surface area contributed by atoms with E-state index in [4.69, 9.17) is 9.26 Å². The van der Waals surface area contributed by atoms with Gasteiger partial charge in [-0.1, -0.05) is 53.7 Å². The number of ether oxygens (including phenoxy) is 1. The Kier molecular flexibility index (Phi) is 6.43. The van der Waals surface area contributed by atoms with E-state index >= 15 is 0 Å². The number of nitrogens with zero attached hydrogens (tertiary/aromatic N) is 4. The molecule has 0 spiro atoms. The van der Waals surface area contributed by atoms with Crippen molar-refractivity contribution in [2.45, 2.75) is 6.92 Å². The van der Waals surface area contributed by atoms with Gasteiger partial charge in [-0.15, -0.1) is 0 Å². The van der Waals surface area contributed by atoms with Crippen LogP contribution in [-0.2, 0) is 4.79 Å². The molecule has 1 aromatic heterocycles. The maximum atomic E-state index is 14.1. The van der Waals surface area contributed by atoms with Gasteiger partial charge in [0.2, 0.25) is 5.82 Å². The lowest BCUT2D eigenvalue weighted by molar-refractivity contribution is -0.133. The summed E-state index contributed by atoms with van der Waals surface area (Å²) in [4.78, 5) is 21.1. The first kappa shape index (κ1) is 22.6. The number of anilines is 1. The van der Waals surface area contributed by atoms with E-state index in [0.29, 0.717) is 54.9 Å². The molecule has 1 aliphatic rings. The van der Waals surface area contributed by atoms with Gasteiger partial charge in [0.05, 0.1) is 11.3 Å².